The van der Waals surface area contributed by atoms with Crippen LogP contribution in [0.3, 0.4) is 0 Å². The number of rotatable bonds is 7. The number of hydrogen-bond acceptors (Lipinski definition) is 7. The van der Waals surface area contributed by atoms with E-state index in [-0.39, 0.29) is 43.1 Å². The maximum absolute atomic E-state index is 14.7. The lowest BCUT2D eigenvalue weighted by molar-refractivity contribution is -0.137. The van der Waals surface area contributed by atoms with E-state index < -0.39 is 46.4 Å². The molecule has 0 saturated carbocycles. The Morgan fingerprint density at radius 1 is 1.08 bits per heavy atom. The minimum absolute atomic E-state index is 0.115. The predicted octanol–water partition coefficient (Wildman–Crippen LogP) is 3.12. The van der Waals surface area contributed by atoms with Crippen LogP contribution in [0.4, 0.5) is 33.3 Å². The summed E-state index contributed by atoms with van der Waals surface area (Å²) in [5.41, 5.74) is -3.36. The molecule has 194 valence electrons. The van der Waals surface area contributed by atoms with E-state index in [9.17, 15) is 31.5 Å². The Kier molecular flexibility index (Phi) is 7.29. The van der Waals surface area contributed by atoms with Gasteiger partial charge in [0, 0.05) is 31.5 Å². The minimum atomic E-state index is -4.84. The number of nitrogens with one attached hydrogen (secondary N) is 3. The summed E-state index contributed by atoms with van der Waals surface area (Å²) in [6, 6.07) is 2.92. The van der Waals surface area contributed by atoms with Crippen LogP contribution in [0.15, 0.2) is 49.2 Å². The van der Waals surface area contributed by atoms with Gasteiger partial charge in [-0.25, -0.2) is 18.7 Å². The predicted molar refractivity (Wildman–Crippen MR) is 118 cm³/mol. The summed E-state index contributed by atoms with van der Waals surface area (Å²) in [5.74, 6) is -3.23. The highest BCUT2D eigenvalue weighted by Gasteiger charge is 2.44. The molecule has 3 heterocycles. The molecule has 0 aliphatic carbocycles. The summed E-state index contributed by atoms with van der Waals surface area (Å²) in [6.07, 6.45) is 0.194. The normalized spacial score (nSPS) is 17.3. The van der Waals surface area contributed by atoms with Crippen LogP contribution >= 0.6 is 0 Å². The molecular weight excluding hydrogens is 503 g/mol. The number of alkyl halides is 3. The van der Waals surface area contributed by atoms with E-state index >= 15 is 0 Å². The first-order valence-electron chi connectivity index (χ1n) is 10.8. The van der Waals surface area contributed by atoms with Crippen molar-refractivity contribution in [2.75, 3.05) is 18.5 Å². The highest BCUT2D eigenvalue weighted by Crippen LogP contribution is 2.36. The summed E-state index contributed by atoms with van der Waals surface area (Å²) in [5, 5.41) is 7.50. The fraction of sp³-hybridized carbons (Fsp3) is 0.261. The largest absolute Gasteiger partial charge is 0.418 e. The van der Waals surface area contributed by atoms with E-state index in [4.69, 9.17) is 4.74 Å². The minimum Gasteiger partial charge on any atom is -0.378 e. The van der Waals surface area contributed by atoms with E-state index in [0.29, 0.717) is 6.07 Å². The average Bonchev–Trinajstić information content (AvgIpc) is 3.34. The third-order valence-corrected chi connectivity index (χ3v) is 5.53. The zero-order valence-electron chi connectivity index (χ0n) is 18.9. The summed E-state index contributed by atoms with van der Waals surface area (Å²) in [6.45, 7) is -0.285. The Hall–Kier alpha value is -4.20. The van der Waals surface area contributed by atoms with Crippen LogP contribution in [-0.2, 0) is 22.3 Å². The maximum Gasteiger partial charge on any atom is 0.418 e. The van der Waals surface area contributed by atoms with Gasteiger partial charge in [0.25, 0.3) is 5.91 Å². The van der Waals surface area contributed by atoms with Gasteiger partial charge in [0.1, 0.15) is 23.5 Å². The molecule has 0 spiro atoms. The average molecular weight is 522 g/mol. The first-order valence-corrected chi connectivity index (χ1v) is 10.8. The molecule has 1 fully saturated rings. The van der Waals surface area contributed by atoms with Gasteiger partial charge in [-0.3, -0.25) is 14.6 Å². The van der Waals surface area contributed by atoms with Gasteiger partial charge in [0.2, 0.25) is 5.91 Å². The zero-order chi connectivity index (χ0) is 26.6. The molecule has 0 radical (unpaired) electrons. The molecule has 1 aliphatic rings. The molecule has 3 N–H and O–H groups in total. The number of hydrogen-bond donors (Lipinski definition) is 3. The highest BCUT2D eigenvalue weighted by molar-refractivity contribution is 5.99. The third kappa shape index (κ3) is 5.97. The van der Waals surface area contributed by atoms with Crippen LogP contribution < -0.4 is 16.0 Å². The molecule has 2 aromatic heterocycles. The Labute approximate surface area is 206 Å². The second-order valence-electron chi connectivity index (χ2n) is 8.11. The summed E-state index contributed by atoms with van der Waals surface area (Å²) in [4.78, 5) is 36.9. The van der Waals surface area contributed by atoms with E-state index in [1.54, 1.807) is 0 Å². The molecule has 1 unspecified atom stereocenters. The van der Waals surface area contributed by atoms with Crippen molar-refractivity contribution < 1.29 is 36.3 Å². The number of carbonyl (C=O) groups is 2. The summed E-state index contributed by atoms with van der Waals surface area (Å²) < 4.78 is 72.9. The number of aromatic nitrogens is 3. The molecule has 2 amide bonds. The first kappa shape index (κ1) is 25.9. The molecule has 14 heteroatoms. The standard InChI is InChI=1S/C23H19F5N6O3/c24-14-1-2-18(16(5-14)23(26,27)28)33-15-6-17(25)19(31-9-15)10-32-21(36)22(3-4-37-11-22)34-20(35)13-7-29-12-30-8-13/h1-2,5-9,12,33H,3-4,10-11H2,(H,32,36)(H,34,35). The molecule has 9 nitrogen and oxygen atoms in total. The van der Waals surface area contributed by atoms with Crippen LogP contribution in [0.25, 0.3) is 0 Å². The second kappa shape index (κ2) is 10.4. The Balaban J connectivity index is 1.44. The highest BCUT2D eigenvalue weighted by atomic mass is 19.4. The van der Waals surface area contributed by atoms with Crippen molar-refractivity contribution in [1.82, 2.24) is 25.6 Å². The van der Waals surface area contributed by atoms with Gasteiger partial charge in [0.05, 0.1) is 47.5 Å². The molecule has 1 atom stereocenters. The quantitative estimate of drug-likeness (QED) is 0.408. The second-order valence-corrected chi connectivity index (χ2v) is 8.11. The topological polar surface area (TPSA) is 118 Å². The van der Waals surface area contributed by atoms with Crippen molar-refractivity contribution in [2.24, 2.45) is 0 Å². The molecule has 37 heavy (non-hydrogen) atoms. The lowest BCUT2D eigenvalue weighted by Gasteiger charge is -2.27. The number of amides is 2. The van der Waals surface area contributed by atoms with Gasteiger partial charge in [-0.05, 0) is 18.2 Å². The monoisotopic (exact) mass is 522 g/mol. The number of anilines is 2. The van der Waals surface area contributed by atoms with Crippen molar-refractivity contribution in [2.45, 2.75) is 24.7 Å². The number of nitrogens with zero attached hydrogens (tertiary/aromatic N) is 3. The van der Waals surface area contributed by atoms with Crippen LogP contribution in [0.1, 0.15) is 28.0 Å². The van der Waals surface area contributed by atoms with E-state index in [1.165, 1.54) is 18.7 Å². The van der Waals surface area contributed by atoms with Crippen LogP contribution in [0.2, 0.25) is 0 Å². The van der Waals surface area contributed by atoms with E-state index in [1.807, 2.05) is 0 Å². The number of halogens is 5. The molecule has 3 aromatic rings. The Bertz CT molecular complexity index is 1300. The Morgan fingerprint density at radius 2 is 1.84 bits per heavy atom. The molecule has 1 aliphatic heterocycles. The van der Waals surface area contributed by atoms with Gasteiger partial charge in [-0.2, -0.15) is 13.2 Å². The van der Waals surface area contributed by atoms with Crippen molar-refractivity contribution in [1.29, 1.82) is 0 Å². The number of carbonyl (C=O) groups excluding carboxylic acids is 2. The lowest BCUT2D eigenvalue weighted by Crippen LogP contribution is -2.59. The molecule has 1 aromatic carbocycles. The van der Waals surface area contributed by atoms with Gasteiger partial charge in [0.15, 0.2) is 0 Å². The van der Waals surface area contributed by atoms with Crippen molar-refractivity contribution in [3.05, 3.63) is 77.6 Å². The van der Waals surface area contributed by atoms with Crippen LogP contribution in [-0.4, -0.2) is 45.5 Å². The zero-order valence-corrected chi connectivity index (χ0v) is 18.9. The third-order valence-electron chi connectivity index (χ3n) is 5.53. The first-order chi connectivity index (χ1) is 17.6. The maximum atomic E-state index is 14.7. The van der Waals surface area contributed by atoms with Crippen LogP contribution in [0.5, 0.6) is 0 Å². The summed E-state index contributed by atoms with van der Waals surface area (Å²) >= 11 is 0. The van der Waals surface area contributed by atoms with E-state index in [0.717, 1.165) is 24.4 Å². The Morgan fingerprint density at radius 3 is 2.49 bits per heavy atom. The smallest absolute Gasteiger partial charge is 0.378 e. The van der Waals surface area contributed by atoms with Gasteiger partial charge < -0.3 is 20.7 Å². The fourth-order valence-electron chi connectivity index (χ4n) is 3.62. The summed E-state index contributed by atoms with van der Waals surface area (Å²) in [7, 11) is 0. The fourth-order valence-corrected chi connectivity index (χ4v) is 3.62. The van der Waals surface area contributed by atoms with Crippen molar-refractivity contribution in [3.8, 4) is 0 Å². The van der Waals surface area contributed by atoms with Crippen LogP contribution in [0, 0.1) is 11.6 Å². The molecular formula is C23H19F5N6O3. The van der Waals surface area contributed by atoms with Gasteiger partial charge in [-0.1, -0.05) is 0 Å². The number of ether oxygens (including phenoxy) is 1. The molecule has 4 rings (SSSR count). The number of benzene rings is 1. The number of pyridine rings is 1. The van der Waals surface area contributed by atoms with Gasteiger partial charge >= 0.3 is 6.18 Å². The van der Waals surface area contributed by atoms with E-state index in [2.05, 4.69) is 30.9 Å². The van der Waals surface area contributed by atoms with Gasteiger partial charge in [-0.15, -0.1) is 0 Å². The van der Waals surface area contributed by atoms with Crippen molar-refractivity contribution >= 4 is 23.2 Å². The SMILES string of the molecule is O=C(NC1(C(=O)NCc2ncc(Nc3ccc(F)cc3C(F)(F)F)cc2F)CCOC1)c1cncnc1. The molecule has 1 saturated heterocycles. The van der Waals surface area contributed by atoms with Crippen molar-refractivity contribution in [3.63, 3.8) is 0 Å². The molecule has 0 bridgehead atoms. The lowest BCUT2D eigenvalue weighted by atomic mass is 9.96.